The zero-order valence-electron chi connectivity index (χ0n) is 20.9. The van der Waals surface area contributed by atoms with E-state index >= 15 is 0 Å². The van der Waals surface area contributed by atoms with Gasteiger partial charge in [-0.25, -0.2) is 14.8 Å². The van der Waals surface area contributed by atoms with Crippen molar-refractivity contribution in [2.75, 3.05) is 30.5 Å². The molecular formula is C26H28N6O4. The Hall–Kier alpha value is -4.23. The summed E-state index contributed by atoms with van der Waals surface area (Å²) < 4.78 is 10.9. The number of fused-ring (bicyclic) bond motifs is 1. The van der Waals surface area contributed by atoms with Crippen LogP contribution < -0.4 is 15.0 Å². The molecule has 4 rings (SSSR count). The number of carbonyl (C=O) groups is 1. The van der Waals surface area contributed by atoms with Crippen LogP contribution in [0.5, 0.6) is 5.75 Å². The van der Waals surface area contributed by atoms with Gasteiger partial charge in [-0.15, -0.1) is 0 Å². The molecule has 1 aliphatic heterocycles. The highest BCUT2D eigenvalue weighted by molar-refractivity contribution is 5.95. The Labute approximate surface area is 209 Å². The molecule has 0 fully saturated rings. The second kappa shape index (κ2) is 9.43. The van der Waals surface area contributed by atoms with Gasteiger partial charge in [0.15, 0.2) is 5.75 Å². The third-order valence-electron chi connectivity index (χ3n) is 5.82. The maximum Gasteiger partial charge on any atom is 0.414 e. The topological polar surface area (TPSA) is 133 Å². The lowest BCUT2D eigenvalue weighted by Gasteiger charge is -2.26. The molecule has 1 amide bonds. The van der Waals surface area contributed by atoms with E-state index in [0.29, 0.717) is 39.9 Å². The highest BCUT2D eigenvalue weighted by atomic mass is 16.6. The lowest BCUT2D eigenvalue weighted by molar-refractivity contribution is 0.0575. The van der Waals surface area contributed by atoms with Gasteiger partial charge in [0.05, 0.1) is 42.5 Å². The zero-order valence-corrected chi connectivity index (χ0v) is 20.9. The van der Waals surface area contributed by atoms with Crippen LogP contribution >= 0.6 is 0 Å². The number of hydrogen-bond acceptors (Lipinski definition) is 9. The van der Waals surface area contributed by atoms with Gasteiger partial charge in [0.25, 0.3) is 0 Å². The molecule has 0 bridgehead atoms. The van der Waals surface area contributed by atoms with Crippen molar-refractivity contribution in [3.05, 3.63) is 54.0 Å². The Morgan fingerprint density at radius 1 is 1.31 bits per heavy atom. The number of hydrogen-bond donors (Lipinski definition) is 2. The summed E-state index contributed by atoms with van der Waals surface area (Å²) in [5, 5.41) is 23.4. The van der Waals surface area contributed by atoms with Gasteiger partial charge >= 0.3 is 6.09 Å². The van der Waals surface area contributed by atoms with Gasteiger partial charge in [0.2, 0.25) is 5.95 Å². The van der Waals surface area contributed by atoms with Gasteiger partial charge in [0.1, 0.15) is 11.7 Å². The fourth-order valence-electron chi connectivity index (χ4n) is 4.09. The van der Waals surface area contributed by atoms with E-state index in [-0.39, 0.29) is 18.7 Å². The Morgan fingerprint density at radius 3 is 2.75 bits per heavy atom. The smallest absolute Gasteiger partial charge is 0.414 e. The van der Waals surface area contributed by atoms with Crippen LogP contribution in [0.1, 0.15) is 38.8 Å². The number of carbonyl (C=O) groups excluding carboxylic acids is 1. The Balaban J connectivity index is 1.76. The van der Waals surface area contributed by atoms with Gasteiger partial charge in [-0.2, -0.15) is 5.26 Å². The van der Waals surface area contributed by atoms with Crippen molar-refractivity contribution in [1.82, 2.24) is 15.0 Å². The number of amides is 1. The molecule has 1 aromatic carbocycles. The molecule has 10 heteroatoms. The van der Waals surface area contributed by atoms with Gasteiger partial charge in [-0.1, -0.05) is 6.92 Å². The fourth-order valence-corrected chi connectivity index (χ4v) is 4.09. The van der Waals surface area contributed by atoms with E-state index in [0.717, 1.165) is 0 Å². The van der Waals surface area contributed by atoms with Crippen molar-refractivity contribution in [3.8, 4) is 23.1 Å². The van der Waals surface area contributed by atoms with Crippen LogP contribution in [0.4, 0.5) is 22.1 Å². The summed E-state index contributed by atoms with van der Waals surface area (Å²) in [7, 11) is 1.55. The minimum Gasteiger partial charge on any atom is -0.493 e. The number of rotatable bonds is 5. The first kappa shape index (κ1) is 24.9. The number of aliphatic hydroxyl groups excluding tert-OH is 1. The number of pyridine rings is 1. The second-order valence-corrected chi connectivity index (χ2v) is 9.78. The van der Waals surface area contributed by atoms with E-state index in [1.165, 1.54) is 4.90 Å². The Kier molecular flexibility index (Phi) is 6.52. The number of anilines is 3. The van der Waals surface area contributed by atoms with E-state index in [2.05, 4.69) is 26.3 Å². The van der Waals surface area contributed by atoms with E-state index in [1.54, 1.807) is 64.7 Å². The van der Waals surface area contributed by atoms with Crippen molar-refractivity contribution >= 4 is 23.4 Å². The largest absolute Gasteiger partial charge is 0.493 e. The first-order valence-corrected chi connectivity index (χ1v) is 11.4. The molecule has 36 heavy (non-hydrogen) atoms. The summed E-state index contributed by atoms with van der Waals surface area (Å²) in [6.45, 7) is 7.16. The SMILES string of the molecule is COc1cnccc1Nc1nccc(-c2cc(C#N)c3c(c2)C(C)(CO)CN3C(=O)OC(C)(C)C)n1. The van der Waals surface area contributed by atoms with Crippen LogP contribution in [-0.4, -0.2) is 52.0 Å². The molecule has 1 unspecified atom stereocenters. The summed E-state index contributed by atoms with van der Waals surface area (Å²) in [6.07, 6.45) is 4.25. The predicted molar refractivity (Wildman–Crippen MR) is 134 cm³/mol. The third-order valence-corrected chi connectivity index (χ3v) is 5.82. The highest BCUT2D eigenvalue weighted by Crippen LogP contribution is 2.45. The van der Waals surface area contributed by atoms with Gasteiger partial charge < -0.3 is 19.9 Å². The van der Waals surface area contributed by atoms with Crippen molar-refractivity contribution in [1.29, 1.82) is 5.26 Å². The number of methoxy groups -OCH3 is 1. The monoisotopic (exact) mass is 488 g/mol. The molecule has 1 atom stereocenters. The Bertz CT molecular complexity index is 1350. The molecule has 0 saturated heterocycles. The average Bonchev–Trinajstić information content (AvgIpc) is 3.16. The molecule has 1 aliphatic rings. The summed E-state index contributed by atoms with van der Waals surface area (Å²) in [5.41, 5.74) is 1.79. The van der Waals surface area contributed by atoms with Crippen LogP contribution in [0.2, 0.25) is 0 Å². The number of nitrogens with one attached hydrogen (secondary N) is 1. The maximum absolute atomic E-state index is 13.0. The van der Waals surface area contributed by atoms with Gasteiger partial charge in [-0.3, -0.25) is 9.88 Å². The van der Waals surface area contributed by atoms with Crippen molar-refractivity contribution < 1.29 is 19.4 Å². The molecular weight excluding hydrogens is 460 g/mol. The number of nitrogens with zero attached hydrogens (tertiary/aromatic N) is 5. The van der Waals surface area contributed by atoms with Crippen molar-refractivity contribution in [3.63, 3.8) is 0 Å². The van der Waals surface area contributed by atoms with Gasteiger partial charge in [0, 0.05) is 29.9 Å². The van der Waals surface area contributed by atoms with Crippen LogP contribution in [0.25, 0.3) is 11.3 Å². The second-order valence-electron chi connectivity index (χ2n) is 9.78. The standard InChI is InChI=1S/C26H28N6O4/c1-25(2,3)36-24(34)32-14-26(4,15-33)18-11-16(10-17(12-27)22(18)32)19-7-9-29-23(30-19)31-20-6-8-28-13-21(20)35-5/h6-11,13,33H,14-15H2,1-5H3,(H,28,29,30,31). The summed E-state index contributed by atoms with van der Waals surface area (Å²) >= 11 is 0. The summed E-state index contributed by atoms with van der Waals surface area (Å²) in [6, 6.07) is 9.22. The molecule has 0 aliphatic carbocycles. The molecule has 2 N–H and O–H groups in total. The minimum atomic E-state index is -0.785. The lowest BCUT2D eigenvalue weighted by Crippen LogP contribution is -2.40. The lowest BCUT2D eigenvalue weighted by atomic mass is 9.83. The Morgan fingerprint density at radius 2 is 2.08 bits per heavy atom. The van der Waals surface area contributed by atoms with E-state index in [9.17, 15) is 15.2 Å². The first-order valence-electron chi connectivity index (χ1n) is 11.4. The van der Waals surface area contributed by atoms with Gasteiger partial charge in [-0.05, 0) is 50.6 Å². The van der Waals surface area contributed by atoms with Crippen LogP contribution in [0.3, 0.4) is 0 Å². The molecule has 0 radical (unpaired) electrons. The fraction of sp³-hybridized carbons (Fsp3) is 0.346. The number of aliphatic hydroxyl groups is 1. The van der Waals surface area contributed by atoms with Crippen molar-refractivity contribution in [2.24, 2.45) is 0 Å². The normalized spacial score (nSPS) is 16.8. The number of nitriles is 1. The number of benzene rings is 1. The van der Waals surface area contributed by atoms with Crippen molar-refractivity contribution in [2.45, 2.75) is 38.7 Å². The number of ether oxygens (including phenoxy) is 2. The zero-order chi connectivity index (χ0) is 26.1. The summed E-state index contributed by atoms with van der Waals surface area (Å²) in [5.74, 6) is 0.869. The predicted octanol–water partition coefficient (Wildman–Crippen LogP) is 4.17. The van der Waals surface area contributed by atoms with Crippen LogP contribution in [-0.2, 0) is 10.2 Å². The first-order chi connectivity index (χ1) is 17.1. The third kappa shape index (κ3) is 4.78. The van der Waals surface area contributed by atoms with Crippen LogP contribution in [0, 0.1) is 11.3 Å². The van der Waals surface area contributed by atoms with Crippen LogP contribution in [0.15, 0.2) is 42.9 Å². The van der Waals surface area contributed by atoms with E-state index < -0.39 is 17.1 Å². The molecule has 3 aromatic rings. The van der Waals surface area contributed by atoms with E-state index in [4.69, 9.17) is 9.47 Å². The molecule has 0 saturated carbocycles. The molecule has 3 heterocycles. The maximum atomic E-state index is 13.0. The summed E-state index contributed by atoms with van der Waals surface area (Å²) in [4.78, 5) is 27.4. The average molecular weight is 489 g/mol. The molecule has 10 nitrogen and oxygen atoms in total. The molecule has 2 aromatic heterocycles. The van der Waals surface area contributed by atoms with E-state index in [1.807, 2.05) is 13.0 Å². The number of aromatic nitrogens is 3. The minimum absolute atomic E-state index is 0.185. The quantitative estimate of drug-likeness (QED) is 0.543. The highest BCUT2D eigenvalue weighted by Gasteiger charge is 2.44. The molecule has 186 valence electrons. The molecule has 0 spiro atoms.